The van der Waals surface area contributed by atoms with Crippen LogP contribution in [0.3, 0.4) is 0 Å². The van der Waals surface area contributed by atoms with Crippen molar-refractivity contribution in [3.63, 3.8) is 0 Å². The van der Waals surface area contributed by atoms with Crippen LogP contribution in [0, 0.1) is 0 Å². The van der Waals surface area contributed by atoms with Gasteiger partial charge in [0.2, 0.25) is 0 Å². The van der Waals surface area contributed by atoms with Crippen LogP contribution in [-0.4, -0.2) is 47.2 Å². The Kier molecular flexibility index (Phi) is 4.54. The van der Waals surface area contributed by atoms with E-state index in [0.717, 1.165) is 19.6 Å². The standard InChI is InChI=1S/C12H15BrN2O3/c13-11-7-9(12(16)17)10(8-14-11)18-6-5-15-3-1-2-4-15/h7-8H,1-6H2,(H,16,17). The highest BCUT2D eigenvalue weighted by atomic mass is 79.9. The molecule has 18 heavy (non-hydrogen) atoms. The van der Waals surface area contributed by atoms with Gasteiger partial charge in [-0.25, -0.2) is 9.78 Å². The largest absolute Gasteiger partial charge is 0.490 e. The molecule has 1 aliphatic heterocycles. The molecule has 2 heterocycles. The van der Waals surface area contributed by atoms with E-state index >= 15 is 0 Å². The molecule has 1 aliphatic rings. The first kappa shape index (κ1) is 13.3. The summed E-state index contributed by atoms with van der Waals surface area (Å²) in [4.78, 5) is 17.4. The van der Waals surface area contributed by atoms with Crippen LogP contribution in [0.15, 0.2) is 16.9 Å². The lowest BCUT2D eigenvalue weighted by atomic mass is 10.2. The maximum atomic E-state index is 11.1. The number of halogens is 1. The third-order valence-corrected chi connectivity index (χ3v) is 3.36. The second kappa shape index (κ2) is 6.15. The number of hydrogen-bond donors (Lipinski definition) is 1. The molecular weight excluding hydrogens is 300 g/mol. The van der Waals surface area contributed by atoms with Crippen LogP contribution in [0.5, 0.6) is 5.75 Å². The highest BCUT2D eigenvalue weighted by Crippen LogP contribution is 2.21. The summed E-state index contributed by atoms with van der Waals surface area (Å²) in [5.74, 6) is -0.681. The van der Waals surface area contributed by atoms with Gasteiger partial charge in [-0.1, -0.05) is 0 Å². The molecule has 1 saturated heterocycles. The van der Waals surface area contributed by atoms with Crippen molar-refractivity contribution in [2.24, 2.45) is 0 Å². The molecule has 0 saturated carbocycles. The zero-order valence-electron chi connectivity index (χ0n) is 9.93. The van der Waals surface area contributed by atoms with Gasteiger partial charge in [-0.3, -0.25) is 4.90 Å². The van der Waals surface area contributed by atoms with Gasteiger partial charge in [0.05, 0.1) is 6.20 Å². The van der Waals surface area contributed by atoms with E-state index in [-0.39, 0.29) is 5.56 Å². The number of carbonyl (C=O) groups is 1. The van der Waals surface area contributed by atoms with E-state index in [0.29, 0.717) is 17.0 Å². The van der Waals surface area contributed by atoms with E-state index in [4.69, 9.17) is 9.84 Å². The highest BCUT2D eigenvalue weighted by Gasteiger charge is 2.14. The van der Waals surface area contributed by atoms with Gasteiger partial charge in [0.1, 0.15) is 16.8 Å². The van der Waals surface area contributed by atoms with Crippen molar-refractivity contribution in [1.82, 2.24) is 9.88 Å². The molecule has 1 N–H and O–H groups in total. The smallest absolute Gasteiger partial charge is 0.339 e. The van der Waals surface area contributed by atoms with Crippen LogP contribution in [0.25, 0.3) is 0 Å². The molecule has 1 fully saturated rings. The number of nitrogens with zero attached hydrogens (tertiary/aromatic N) is 2. The lowest BCUT2D eigenvalue weighted by Gasteiger charge is -2.15. The Morgan fingerprint density at radius 1 is 1.50 bits per heavy atom. The van der Waals surface area contributed by atoms with Gasteiger partial charge in [-0.2, -0.15) is 0 Å². The van der Waals surface area contributed by atoms with Gasteiger partial charge in [0.15, 0.2) is 5.75 Å². The zero-order valence-corrected chi connectivity index (χ0v) is 11.5. The molecule has 0 amide bonds. The average molecular weight is 315 g/mol. The molecule has 5 nitrogen and oxygen atoms in total. The fourth-order valence-electron chi connectivity index (χ4n) is 1.99. The normalized spacial score (nSPS) is 15.8. The fourth-order valence-corrected chi connectivity index (χ4v) is 2.32. The molecule has 2 rings (SSSR count). The molecule has 0 spiro atoms. The van der Waals surface area contributed by atoms with Crippen LogP contribution < -0.4 is 4.74 Å². The summed E-state index contributed by atoms with van der Waals surface area (Å²) in [7, 11) is 0. The molecule has 0 atom stereocenters. The summed E-state index contributed by atoms with van der Waals surface area (Å²) in [6.07, 6.45) is 3.91. The van der Waals surface area contributed by atoms with Crippen molar-refractivity contribution < 1.29 is 14.6 Å². The van der Waals surface area contributed by atoms with Gasteiger partial charge in [0, 0.05) is 6.54 Å². The van der Waals surface area contributed by atoms with E-state index in [1.165, 1.54) is 25.1 Å². The minimum atomic E-state index is -1.01. The number of likely N-dealkylation sites (tertiary alicyclic amines) is 1. The molecule has 0 aliphatic carbocycles. The monoisotopic (exact) mass is 314 g/mol. The minimum Gasteiger partial charge on any atom is -0.490 e. The Morgan fingerprint density at radius 2 is 2.22 bits per heavy atom. The molecule has 0 radical (unpaired) electrons. The number of carboxylic acid groups (broad SMARTS) is 1. The van der Waals surface area contributed by atoms with Gasteiger partial charge in [-0.05, 0) is 47.9 Å². The van der Waals surface area contributed by atoms with Crippen molar-refractivity contribution >= 4 is 21.9 Å². The van der Waals surface area contributed by atoms with Crippen molar-refractivity contribution in [2.75, 3.05) is 26.2 Å². The van der Waals surface area contributed by atoms with Gasteiger partial charge >= 0.3 is 5.97 Å². The van der Waals surface area contributed by atoms with E-state index in [2.05, 4.69) is 25.8 Å². The highest BCUT2D eigenvalue weighted by molar-refractivity contribution is 9.10. The van der Waals surface area contributed by atoms with Gasteiger partial charge in [-0.15, -0.1) is 0 Å². The molecule has 0 unspecified atom stereocenters. The lowest BCUT2D eigenvalue weighted by molar-refractivity contribution is 0.0691. The predicted molar refractivity (Wildman–Crippen MR) is 70.1 cm³/mol. The summed E-state index contributed by atoms with van der Waals surface area (Å²) >= 11 is 3.15. The number of aromatic nitrogens is 1. The summed E-state index contributed by atoms with van der Waals surface area (Å²) in [5.41, 5.74) is 0.137. The molecule has 98 valence electrons. The Labute approximate surface area is 114 Å². The SMILES string of the molecule is O=C(O)c1cc(Br)ncc1OCCN1CCCC1. The predicted octanol–water partition coefficient (Wildman–Crippen LogP) is 2.02. The summed E-state index contributed by atoms with van der Waals surface area (Å²) in [6, 6.07) is 1.45. The molecule has 6 heteroatoms. The molecule has 1 aromatic rings. The number of aromatic carboxylic acids is 1. The van der Waals surface area contributed by atoms with E-state index in [9.17, 15) is 4.79 Å². The molecular formula is C12H15BrN2O3. The number of ether oxygens (including phenoxy) is 1. The molecule has 1 aromatic heterocycles. The Morgan fingerprint density at radius 3 is 2.89 bits per heavy atom. The van der Waals surface area contributed by atoms with Gasteiger partial charge < -0.3 is 9.84 Å². The number of hydrogen-bond acceptors (Lipinski definition) is 4. The lowest BCUT2D eigenvalue weighted by Crippen LogP contribution is -2.25. The first-order valence-electron chi connectivity index (χ1n) is 5.91. The number of rotatable bonds is 5. The summed E-state index contributed by atoms with van der Waals surface area (Å²) in [5, 5.41) is 9.06. The van der Waals surface area contributed by atoms with Crippen LogP contribution >= 0.6 is 15.9 Å². The third-order valence-electron chi connectivity index (χ3n) is 2.93. The van der Waals surface area contributed by atoms with Crippen molar-refractivity contribution in [3.05, 3.63) is 22.4 Å². The second-order valence-electron chi connectivity index (χ2n) is 4.21. The summed E-state index contributed by atoms with van der Waals surface area (Å²) in [6.45, 7) is 3.53. The van der Waals surface area contributed by atoms with Crippen LogP contribution in [-0.2, 0) is 0 Å². The van der Waals surface area contributed by atoms with Crippen LogP contribution in [0.1, 0.15) is 23.2 Å². The quantitative estimate of drug-likeness (QED) is 0.842. The van der Waals surface area contributed by atoms with E-state index in [1.54, 1.807) is 0 Å². The average Bonchev–Trinajstić information content (AvgIpc) is 2.84. The van der Waals surface area contributed by atoms with Crippen molar-refractivity contribution in [2.45, 2.75) is 12.8 Å². The molecule has 0 bridgehead atoms. The van der Waals surface area contributed by atoms with Crippen LogP contribution in [0.4, 0.5) is 0 Å². The third kappa shape index (κ3) is 3.43. The Balaban J connectivity index is 1.93. The van der Waals surface area contributed by atoms with Crippen molar-refractivity contribution in [1.29, 1.82) is 0 Å². The number of carboxylic acids is 1. The maximum Gasteiger partial charge on any atom is 0.339 e. The molecule has 0 aromatic carbocycles. The maximum absolute atomic E-state index is 11.1. The topological polar surface area (TPSA) is 62.7 Å². The van der Waals surface area contributed by atoms with E-state index in [1.807, 2.05) is 0 Å². The number of pyridine rings is 1. The Bertz CT molecular complexity index is 433. The van der Waals surface area contributed by atoms with E-state index < -0.39 is 5.97 Å². The Hall–Kier alpha value is -1.14. The van der Waals surface area contributed by atoms with Gasteiger partial charge in [0.25, 0.3) is 0 Å². The van der Waals surface area contributed by atoms with Crippen molar-refractivity contribution in [3.8, 4) is 5.75 Å². The minimum absolute atomic E-state index is 0.137. The second-order valence-corrected chi connectivity index (χ2v) is 5.02. The van der Waals surface area contributed by atoms with Crippen LogP contribution in [0.2, 0.25) is 0 Å². The zero-order chi connectivity index (χ0) is 13.0. The fraction of sp³-hybridized carbons (Fsp3) is 0.500. The first-order valence-corrected chi connectivity index (χ1v) is 6.70. The first-order chi connectivity index (χ1) is 8.66. The summed E-state index contributed by atoms with van der Waals surface area (Å²) < 4.78 is 6.00.